The molecule has 6 nitrogen and oxygen atoms in total. The summed E-state index contributed by atoms with van der Waals surface area (Å²) in [5.74, 6) is -0.416. The molecule has 0 saturated carbocycles. The van der Waals surface area contributed by atoms with E-state index in [1.54, 1.807) is 25.3 Å². The Morgan fingerprint density at radius 2 is 2.11 bits per heavy atom. The number of hydrogen-bond donors (Lipinski definition) is 2. The standard InChI is InChI=1S/C13H19N3O3/c1-10(17)9-15-5-7-16(8-6-15)12-11(13(18)19)3-2-4-14-12/h2-4,10,17H,5-9H2,1H3,(H,18,19). The summed E-state index contributed by atoms with van der Waals surface area (Å²) in [7, 11) is 0. The fraction of sp³-hybridized carbons (Fsp3) is 0.538. The average molecular weight is 265 g/mol. The van der Waals surface area contributed by atoms with Crippen LogP contribution in [0, 0.1) is 0 Å². The Bertz CT molecular complexity index is 443. The predicted molar refractivity (Wildman–Crippen MR) is 71.5 cm³/mol. The number of carbonyl (C=O) groups is 1. The normalized spacial score (nSPS) is 18.3. The lowest BCUT2D eigenvalue weighted by molar-refractivity contribution is 0.0697. The Morgan fingerprint density at radius 1 is 1.42 bits per heavy atom. The Morgan fingerprint density at radius 3 is 2.68 bits per heavy atom. The summed E-state index contributed by atoms with van der Waals surface area (Å²) in [4.78, 5) is 19.5. The molecule has 0 aliphatic carbocycles. The third-order valence-electron chi connectivity index (χ3n) is 3.21. The molecule has 104 valence electrons. The molecule has 1 saturated heterocycles. The SMILES string of the molecule is CC(O)CN1CCN(c2ncccc2C(=O)O)CC1. The third kappa shape index (κ3) is 3.42. The van der Waals surface area contributed by atoms with E-state index >= 15 is 0 Å². The molecular formula is C13H19N3O3. The van der Waals surface area contributed by atoms with E-state index in [1.165, 1.54) is 0 Å². The van der Waals surface area contributed by atoms with Crippen LogP contribution < -0.4 is 4.90 Å². The maximum atomic E-state index is 11.2. The minimum atomic E-state index is -0.950. The van der Waals surface area contributed by atoms with Crippen molar-refractivity contribution in [1.82, 2.24) is 9.88 Å². The van der Waals surface area contributed by atoms with Crippen LogP contribution in [0.25, 0.3) is 0 Å². The van der Waals surface area contributed by atoms with E-state index in [9.17, 15) is 9.90 Å². The monoisotopic (exact) mass is 265 g/mol. The van der Waals surface area contributed by atoms with Gasteiger partial charge in [-0.3, -0.25) is 4.90 Å². The maximum Gasteiger partial charge on any atom is 0.339 e. The fourth-order valence-electron chi connectivity index (χ4n) is 2.33. The van der Waals surface area contributed by atoms with Gasteiger partial charge >= 0.3 is 5.97 Å². The van der Waals surface area contributed by atoms with Crippen LogP contribution in [0.5, 0.6) is 0 Å². The second kappa shape index (κ2) is 5.99. The van der Waals surface area contributed by atoms with Gasteiger partial charge in [0.25, 0.3) is 0 Å². The van der Waals surface area contributed by atoms with Crippen LogP contribution in [0.1, 0.15) is 17.3 Å². The number of nitrogens with zero attached hydrogens (tertiary/aromatic N) is 3. The smallest absolute Gasteiger partial charge is 0.339 e. The first-order valence-corrected chi connectivity index (χ1v) is 6.41. The topological polar surface area (TPSA) is 76.9 Å². The number of aromatic carboxylic acids is 1. The molecule has 0 spiro atoms. The van der Waals surface area contributed by atoms with Crippen molar-refractivity contribution >= 4 is 11.8 Å². The van der Waals surface area contributed by atoms with Crippen LogP contribution in [0.4, 0.5) is 5.82 Å². The second-order valence-corrected chi connectivity index (χ2v) is 4.82. The van der Waals surface area contributed by atoms with E-state index in [-0.39, 0.29) is 11.7 Å². The highest BCUT2D eigenvalue weighted by Crippen LogP contribution is 2.18. The van der Waals surface area contributed by atoms with Crippen LogP contribution in [0.3, 0.4) is 0 Å². The lowest BCUT2D eigenvalue weighted by atomic mass is 10.2. The van der Waals surface area contributed by atoms with Crippen molar-refractivity contribution in [3.63, 3.8) is 0 Å². The molecule has 1 atom stereocenters. The number of β-amino-alcohol motifs (C(OH)–C–C–N with tert-alkyl or cyclic N) is 1. The first-order chi connectivity index (χ1) is 9.08. The van der Waals surface area contributed by atoms with E-state index in [0.29, 0.717) is 12.4 Å². The second-order valence-electron chi connectivity index (χ2n) is 4.82. The summed E-state index contributed by atoms with van der Waals surface area (Å²) >= 11 is 0. The summed E-state index contributed by atoms with van der Waals surface area (Å²) < 4.78 is 0. The molecular weight excluding hydrogens is 246 g/mol. The van der Waals surface area contributed by atoms with Crippen molar-refractivity contribution in [2.75, 3.05) is 37.6 Å². The zero-order valence-corrected chi connectivity index (χ0v) is 11.0. The first kappa shape index (κ1) is 13.8. The summed E-state index contributed by atoms with van der Waals surface area (Å²) in [6.45, 7) is 5.49. The number of carboxylic acid groups (broad SMARTS) is 1. The molecule has 0 aromatic carbocycles. The van der Waals surface area contributed by atoms with E-state index in [1.807, 2.05) is 4.90 Å². The zero-order valence-electron chi connectivity index (χ0n) is 11.0. The lowest BCUT2D eigenvalue weighted by Crippen LogP contribution is -2.48. The van der Waals surface area contributed by atoms with Crippen LogP contribution in [0.2, 0.25) is 0 Å². The molecule has 0 radical (unpaired) electrons. The Kier molecular flexibility index (Phi) is 4.34. The van der Waals surface area contributed by atoms with Gasteiger partial charge in [-0.15, -0.1) is 0 Å². The van der Waals surface area contributed by atoms with Gasteiger partial charge in [0.1, 0.15) is 11.4 Å². The molecule has 0 bridgehead atoms. The number of anilines is 1. The number of carboxylic acids is 1. The minimum absolute atomic E-state index is 0.242. The molecule has 1 aliphatic heterocycles. The fourth-order valence-corrected chi connectivity index (χ4v) is 2.33. The van der Waals surface area contributed by atoms with E-state index in [0.717, 1.165) is 26.2 Å². The number of hydrogen-bond acceptors (Lipinski definition) is 5. The van der Waals surface area contributed by atoms with Crippen molar-refractivity contribution in [3.8, 4) is 0 Å². The third-order valence-corrected chi connectivity index (χ3v) is 3.21. The van der Waals surface area contributed by atoms with Crippen LogP contribution >= 0.6 is 0 Å². The number of aromatic nitrogens is 1. The van der Waals surface area contributed by atoms with Gasteiger partial charge in [-0.2, -0.15) is 0 Å². The molecule has 1 fully saturated rings. The van der Waals surface area contributed by atoms with Gasteiger partial charge in [0.05, 0.1) is 6.10 Å². The Hall–Kier alpha value is -1.66. The van der Waals surface area contributed by atoms with Gasteiger partial charge in [0.2, 0.25) is 0 Å². The Labute approximate surface area is 112 Å². The molecule has 2 N–H and O–H groups in total. The summed E-state index contributed by atoms with van der Waals surface area (Å²) in [5, 5.41) is 18.5. The van der Waals surface area contributed by atoms with Crippen molar-refractivity contribution in [2.24, 2.45) is 0 Å². The van der Waals surface area contributed by atoms with Crippen molar-refractivity contribution in [2.45, 2.75) is 13.0 Å². The van der Waals surface area contributed by atoms with Crippen molar-refractivity contribution in [1.29, 1.82) is 0 Å². The Balaban J connectivity index is 2.04. The lowest BCUT2D eigenvalue weighted by Gasteiger charge is -2.36. The predicted octanol–water partition coefficient (Wildman–Crippen LogP) is 0.283. The molecule has 0 amide bonds. The molecule has 19 heavy (non-hydrogen) atoms. The van der Waals surface area contributed by atoms with Crippen LogP contribution in [-0.2, 0) is 0 Å². The molecule has 2 heterocycles. The van der Waals surface area contributed by atoms with Crippen molar-refractivity contribution in [3.05, 3.63) is 23.9 Å². The highest BCUT2D eigenvalue weighted by Gasteiger charge is 2.22. The molecule has 1 aliphatic rings. The highest BCUT2D eigenvalue weighted by molar-refractivity contribution is 5.93. The largest absolute Gasteiger partial charge is 0.478 e. The quantitative estimate of drug-likeness (QED) is 0.814. The van der Waals surface area contributed by atoms with Gasteiger partial charge in [0, 0.05) is 38.9 Å². The van der Waals surface area contributed by atoms with E-state index in [4.69, 9.17) is 5.11 Å². The number of pyridine rings is 1. The van der Waals surface area contributed by atoms with Crippen LogP contribution in [-0.4, -0.2) is 64.9 Å². The molecule has 1 unspecified atom stereocenters. The van der Waals surface area contributed by atoms with Gasteiger partial charge in [0.15, 0.2) is 0 Å². The summed E-state index contributed by atoms with van der Waals surface area (Å²) in [6.07, 6.45) is 1.28. The number of piperazine rings is 1. The van der Waals surface area contributed by atoms with Crippen LogP contribution in [0.15, 0.2) is 18.3 Å². The maximum absolute atomic E-state index is 11.2. The zero-order chi connectivity index (χ0) is 13.8. The first-order valence-electron chi connectivity index (χ1n) is 6.41. The minimum Gasteiger partial charge on any atom is -0.478 e. The number of aliphatic hydroxyl groups is 1. The summed E-state index contributed by atoms with van der Waals surface area (Å²) in [6, 6.07) is 3.21. The van der Waals surface area contributed by atoms with E-state index < -0.39 is 5.97 Å². The molecule has 6 heteroatoms. The van der Waals surface area contributed by atoms with Gasteiger partial charge in [-0.25, -0.2) is 9.78 Å². The summed E-state index contributed by atoms with van der Waals surface area (Å²) in [5.41, 5.74) is 0.242. The number of rotatable bonds is 4. The highest BCUT2D eigenvalue weighted by atomic mass is 16.4. The van der Waals surface area contributed by atoms with E-state index in [2.05, 4.69) is 9.88 Å². The van der Waals surface area contributed by atoms with Gasteiger partial charge < -0.3 is 15.1 Å². The molecule has 2 rings (SSSR count). The van der Waals surface area contributed by atoms with Gasteiger partial charge in [-0.05, 0) is 19.1 Å². The molecule has 1 aromatic heterocycles. The van der Waals surface area contributed by atoms with Gasteiger partial charge in [-0.1, -0.05) is 0 Å². The van der Waals surface area contributed by atoms with Crippen molar-refractivity contribution < 1.29 is 15.0 Å². The molecule has 1 aromatic rings. The average Bonchev–Trinajstić information content (AvgIpc) is 2.39. The number of aliphatic hydroxyl groups excluding tert-OH is 1.